The van der Waals surface area contributed by atoms with Gasteiger partial charge in [-0.15, -0.1) is 0 Å². The number of allylic oxidation sites excluding steroid dienone is 7. The molecule has 0 bridgehead atoms. The van der Waals surface area contributed by atoms with Crippen molar-refractivity contribution in [3.63, 3.8) is 0 Å². The molecule has 0 N–H and O–H groups in total. The van der Waals surface area contributed by atoms with E-state index in [0.717, 1.165) is 24.0 Å². The molecule has 0 radical (unpaired) electrons. The Morgan fingerprint density at radius 1 is 0.564 bits per heavy atom. The summed E-state index contributed by atoms with van der Waals surface area (Å²) in [6.45, 7) is 4.47. The van der Waals surface area contributed by atoms with E-state index in [-0.39, 0.29) is 0 Å². The number of fused-ring (bicyclic) bond motifs is 4. The maximum Gasteiger partial charge on any atom is 0.0538 e. The summed E-state index contributed by atoms with van der Waals surface area (Å²) in [5.41, 5.74) is 17.0. The van der Waals surface area contributed by atoms with Gasteiger partial charge in [0.2, 0.25) is 0 Å². The molecule has 1 aromatic heterocycles. The number of rotatable bonds is 9. The maximum absolute atomic E-state index is 4.47. The molecule has 0 saturated heterocycles. The number of benzene rings is 7. The molecule has 0 amide bonds. The van der Waals surface area contributed by atoms with Crippen LogP contribution in [0.5, 0.6) is 0 Å². The fraction of sp³-hybridized carbons (Fsp3) is 0.0370. The third kappa shape index (κ3) is 7.21. The lowest BCUT2D eigenvalue weighted by Gasteiger charge is -2.14. The number of nitrogens with zero attached hydrogens (tertiary/aromatic N) is 1. The zero-order valence-corrected chi connectivity index (χ0v) is 30.8. The molecule has 1 aliphatic carbocycles. The van der Waals surface area contributed by atoms with E-state index in [2.05, 4.69) is 217 Å². The Balaban J connectivity index is 1.05. The summed E-state index contributed by atoms with van der Waals surface area (Å²) in [5, 5.41) is 2.48. The first-order valence-electron chi connectivity index (χ1n) is 19.0. The molecule has 1 nitrogen and oxygen atoms in total. The molecule has 55 heavy (non-hydrogen) atoms. The molecule has 9 rings (SSSR count). The summed E-state index contributed by atoms with van der Waals surface area (Å²) in [7, 11) is 0. The van der Waals surface area contributed by atoms with E-state index in [1.807, 2.05) is 6.07 Å². The molecule has 8 aromatic rings. The van der Waals surface area contributed by atoms with Crippen LogP contribution in [-0.2, 0) is 12.8 Å². The summed E-state index contributed by atoms with van der Waals surface area (Å²) < 4.78 is 2.43. The highest BCUT2D eigenvalue weighted by molar-refractivity contribution is 6.11. The van der Waals surface area contributed by atoms with Crippen molar-refractivity contribution < 1.29 is 0 Å². The summed E-state index contributed by atoms with van der Waals surface area (Å²) >= 11 is 0. The zero-order valence-electron chi connectivity index (χ0n) is 30.8. The van der Waals surface area contributed by atoms with Gasteiger partial charge in [-0.3, -0.25) is 0 Å². The molecule has 0 aliphatic heterocycles. The van der Waals surface area contributed by atoms with E-state index in [1.165, 1.54) is 77.6 Å². The molecular formula is C54H41N. The molecule has 1 aliphatic rings. The van der Waals surface area contributed by atoms with Crippen LogP contribution >= 0.6 is 0 Å². The van der Waals surface area contributed by atoms with Gasteiger partial charge in [-0.2, -0.15) is 0 Å². The molecule has 1 heterocycles. The van der Waals surface area contributed by atoms with Crippen molar-refractivity contribution in [1.82, 2.24) is 4.57 Å². The van der Waals surface area contributed by atoms with Crippen LogP contribution in [0, 0.1) is 0 Å². The number of hydrogen-bond donors (Lipinski definition) is 0. The Morgan fingerprint density at radius 3 is 1.98 bits per heavy atom. The molecular weight excluding hydrogens is 663 g/mol. The van der Waals surface area contributed by atoms with Gasteiger partial charge in [-0.05, 0) is 98.0 Å². The van der Waals surface area contributed by atoms with Gasteiger partial charge in [0.15, 0.2) is 0 Å². The Labute approximate surface area is 323 Å². The Bertz CT molecular complexity index is 2770. The van der Waals surface area contributed by atoms with Crippen molar-refractivity contribution >= 4 is 45.2 Å². The van der Waals surface area contributed by atoms with E-state index in [9.17, 15) is 0 Å². The van der Waals surface area contributed by atoms with Crippen LogP contribution in [0.3, 0.4) is 0 Å². The molecule has 1 heteroatoms. The monoisotopic (exact) mass is 703 g/mol. The lowest BCUT2D eigenvalue weighted by molar-refractivity contribution is 1.11. The second-order valence-corrected chi connectivity index (χ2v) is 14.3. The third-order valence-electron chi connectivity index (χ3n) is 10.6. The second-order valence-electron chi connectivity index (χ2n) is 14.3. The predicted octanol–water partition coefficient (Wildman–Crippen LogP) is 14.1. The Morgan fingerprint density at radius 2 is 1.18 bits per heavy atom. The van der Waals surface area contributed by atoms with Crippen molar-refractivity contribution in [1.29, 1.82) is 0 Å². The lowest BCUT2D eigenvalue weighted by atomic mass is 9.93. The fourth-order valence-corrected chi connectivity index (χ4v) is 7.82. The smallest absolute Gasteiger partial charge is 0.0538 e. The van der Waals surface area contributed by atoms with Crippen LogP contribution in [0.15, 0.2) is 212 Å². The number of para-hydroxylation sites is 1. The first-order valence-corrected chi connectivity index (χ1v) is 19.0. The van der Waals surface area contributed by atoms with Crippen LogP contribution in [0.25, 0.3) is 67.5 Å². The summed E-state index contributed by atoms with van der Waals surface area (Å²) in [6, 6.07) is 63.4. The molecule has 0 spiro atoms. The standard InChI is InChI=1S/C54H41N/c1-39(24-25-40-14-5-2-6-15-40)34-50(35-41-16-7-3-8-17-41)55-53-23-12-11-22-51(53)52-38-49(32-33-54(52)55)48-31-30-47-36-45(20-13-21-46(47)37-48)44-28-26-43(27-29-44)42-18-9-4-10-19-42/h2-34,37-38H,1,35-36H2/b25-24+,50-34+. The number of hydrogen-bond acceptors (Lipinski definition) is 0. The minimum Gasteiger partial charge on any atom is -0.313 e. The highest BCUT2D eigenvalue weighted by Crippen LogP contribution is 2.37. The largest absolute Gasteiger partial charge is 0.313 e. The quantitative estimate of drug-likeness (QED) is 0.132. The van der Waals surface area contributed by atoms with E-state index in [4.69, 9.17) is 0 Å². The molecule has 0 atom stereocenters. The van der Waals surface area contributed by atoms with Gasteiger partial charge in [0.1, 0.15) is 0 Å². The van der Waals surface area contributed by atoms with Gasteiger partial charge < -0.3 is 4.57 Å². The predicted molar refractivity (Wildman–Crippen MR) is 237 cm³/mol. The Hall–Kier alpha value is -6.96. The lowest BCUT2D eigenvalue weighted by Crippen LogP contribution is -2.01. The molecule has 7 aromatic carbocycles. The third-order valence-corrected chi connectivity index (χ3v) is 10.6. The van der Waals surface area contributed by atoms with E-state index in [1.54, 1.807) is 0 Å². The average molecular weight is 704 g/mol. The highest BCUT2D eigenvalue weighted by Gasteiger charge is 2.17. The normalized spacial score (nSPS) is 12.9. The minimum absolute atomic E-state index is 0.777. The van der Waals surface area contributed by atoms with E-state index in [0.29, 0.717) is 0 Å². The summed E-state index contributed by atoms with van der Waals surface area (Å²) in [4.78, 5) is 0. The topological polar surface area (TPSA) is 4.93 Å². The van der Waals surface area contributed by atoms with Crippen molar-refractivity contribution in [3.8, 4) is 22.3 Å². The Kier molecular flexibility index (Phi) is 9.34. The SMILES string of the molecule is C=C(/C=C/c1ccccc1)/C=C(\Cc1ccccc1)n1c2ccccc2c2cc(-c3ccc4c(c3)C=CC=C(c3ccc(-c5ccccc5)cc3)C4)ccc21. The minimum atomic E-state index is 0.777. The molecule has 0 saturated carbocycles. The first-order chi connectivity index (χ1) is 27.2. The second kappa shape index (κ2) is 15.2. The van der Waals surface area contributed by atoms with Crippen LogP contribution in [0.1, 0.15) is 27.8 Å². The number of aromatic nitrogens is 1. The summed E-state index contributed by atoms with van der Waals surface area (Å²) in [5.74, 6) is 0. The highest BCUT2D eigenvalue weighted by atomic mass is 15.0. The fourth-order valence-electron chi connectivity index (χ4n) is 7.82. The van der Waals surface area contributed by atoms with Gasteiger partial charge in [0.25, 0.3) is 0 Å². The van der Waals surface area contributed by atoms with Gasteiger partial charge >= 0.3 is 0 Å². The van der Waals surface area contributed by atoms with Crippen molar-refractivity contribution in [2.75, 3.05) is 0 Å². The van der Waals surface area contributed by atoms with Crippen LogP contribution < -0.4 is 0 Å². The van der Waals surface area contributed by atoms with Gasteiger partial charge in [0, 0.05) is 22.9 Å². The van der Waals surface area contributed by atoms with Crippen molar-refractivity contribution in [2.45, 2.75) is 12.8 Å². The van der Waals surface area contributed by atoms with Gasteiger partial charge in [-0.25, -0.2) is 0 Å². The van der Waals surface area contributed by atoms with Crippen LogP contribution in [0.4, 0.5) is 0 Å². The molecule has 262 valence electrons. The van der Waals surface area contributed by atoms with Gasteiger partial charge in [0.05, 0.1) is 11.0 Å². The average Bonchev–Trinajstić information content (AvgIpc) is 3.41. The van der Waals surface area contributed by atoms with E-state index >= 15 is 0 Å². The maximum atomic E-state index is 4.47. The first kappa shape index (κ1) is 33.8. The van der Waals surface area contributed by atoms with Crippen LogP contribution in [-0.4, -0.2) is 4.57 Å². The van der Waals surface area contributed by atoms with Crippen molar-refractivity contribution in [2.24, 2.45) is 0 Å². The van der Waals surface area contributed by atoms with Gasteiger partial charge in [-0.1, -0.05) is 189 Å². The molecule has 0 unspecified atom stereocenters. The molecule has 0 fully saturated rings. The van der Waals surface area contributed by atoms with E-state index < -0.39 is 0 Å². The van der Waals surface area contributed by atoms with Crippen molar-refractivity contribution in [3.05, 3.63) is 240 Å². The summed E-state index contributed by atoms with van der Waals surface area (Å²) in [6.07, 6.45) is 14.9. The zero-order chi connectivity index (χ0) is 37.0. The van der Waals surface area contributed by atoms with Crippen LogP contribution in [0.2, 0.25) is 0 Å².